The van der Waals surface area contributed by atoms with Crippen molar-refractivity contribution in [3.8, 4) is 0 Å². The SMILES string of the molecule is CC(C)c1cccc(C(C)C)c1NC(=O)N(C)C(C)c1cccnc1. The molecule has 4 heteroatoms. The molecule has 2 rings (SSSR count). The Morgan fingerprint density at radius 3 is 2.08 bits per heavy atom. The molecule has 25 heavy (non-hydrogen) atoms. The largest absolute Gasteiger partial charge is 0.322 e. The Kier molecular flexibility index (Phi) is 6.18. The lowest BCUT2D eigenvalue weighted by Crippen LogP contribution is -2.34. The number of nitrogens with one attached hydrogen (secondary N) is 1. The van der Waals surface area contributed by atoms with Crippen LogP contribution in [0.2, 0.25) is 0 Å². The smallest absolute Gasteiger partial charge is 0.321 e. The highest BCUT2D eigenvalue weighted by Crippen LogP contribution is 2.33. The van der Waals surface area contributed by atoms with Crippen molar-refractivity contribution < 1.29 is 4.79 Å². The number of pyridine rings is 1. The Morgan fingerprint density at radius 2 is 1.60 bits per heavy atom. The van der Waals surface area contributed by atoms with Crippen molar-refractivity contribution in [1.82, 2.24) is 9.88 Å². The van der Waals surface area contributed by atoms with Gasteiger partial charge < -0.3 is 10.2 Å². The number of para-hydroxylation sites is 1. The fourth-order valence-electron chi connectivity index (χ4n) is 2.91. The summed E-state index contributed by atoms with van der Waals surface area (Å²) in [7, 11) is 1.82. The van der Waals surface area contributed by atoms with Crippen molar-refractivity contribution >= 4 is 11.7 Å². The van der Waals surface area contributed by atoms with Crippen LogP contribution in [0.15, 0.2) is 42.7 Å². The van der Waals surface area contributed by atoms with Crippen molar-refractivity contribution in [2.24, 2.45) is 0 Å². The van der Waals surface area contributed by atoms with Gasteiger partial charge in [0.25, 0.3) is 0 Å². The first kappa shape index (κ1) is 19.0. The standard InChI is InChI=1S/C21H29N3O/c1-14(2)18-10-7-11-19(15(3)4)20(18)23-21(25)24(6)16(5)17-9-8-12-22-13-17/h7-16H,1-6H3,(H,23,25). The lowest BCUT2D eigenvalue weighted by atomic mass is 9.93. The number of carbonyl (C=O) groups is 1. The lowest BCUT2D eigenvalue weighted by Gasteiger charge is -2.27. The molecule has 0 radical (unpaired) electrons. The van der Waals surface area contributed by atoms with E-state index >= 15 is 0 Å². The van der Waals surface area contributed by atoms with E-state index in [4.69, 9.17) is 0 Å². The lowest BCUT2D eigenvalue weighted by molar-refractivity contribution is 0.208. The number of rotatable bonds is 5. The molecule has 1 aromatic heterocycles. The first-order chi connectivity index (χ1) is 11.8. The van der Waals surface area contributed by atoms with E-state index in [1.807, 2.05) is 26.1 Å². The fraction of sp³-hybridized carbons (Fsp3) is 0.429. The summed E-state index contributed by atoms with van der Waals surface area (Å²) < 4.78 is 0. The molecule has 0 aliphatic heterocycles. The van der Waals surface area contributed by atoms with Gasteiger partial charge >= 0.3 is 6.03 Å². The third-order valence-corrected chi connectivity index (χ3v) is 4.67. The average Bonchev–Trinajstić information content (AvgIpc) is 2.60. The van der Waals surface area contributed by atoms with Gasteiger partial charge in [-0.25, -0.2) is 4.79 Å². The second-order valence-electron chi connectivity index (χ2n) is 7.12. The number of urea groups is 1. The molecule has 1 aromatic carbocycles. The van der Waals surface area contributed by atoms with Crippen LogP contribution in [0.4, 0.5) is 10.5 Å². The molecule has 1 atom stereocenters. The summed E-state index contributed by atoms with van der Waals surface area (Å²) in [6.45, 7) is 10.6. The average molecular weight is 339 g/mol. The highest BCUT2D eigenvalue weighted by molar-refractivity contribution is 5.91. The van der Waals surface area contributed by atoms with Crippen LogP contribution in [0.5, 0.6) is 0 Å². The summed E-state index contributed by atoms with van der Waals surface area (Å²) in [5, 5.41) is 3.16. The molecule has 1 unspecified atom stereocenters. The van der Waals surface area contributed by atoms with E-state index in [2.05, 4.69) is 56.2 Å². The van der Waals surface area contributed by atoms with Crippen LogP contribution in [-0.4, -0.2) is 23.0 Å². The normalized spacial score (nSPS) is 12.3. The van der Waals surface area contributed by atoms with Crippen molar-refractivity contribution in [2.75, 3.05) is 12.4 Å². The Morgan fingerprint density at radius 1 is 1.00 bits per heavy atom. The van der Waals surface area contributed by atoms with Crippen LogP contribution in [0.1, 0.15) is 69.2 Å². The van der Waals surface area contributed by atoms with Crippen molar-refractivity contribution in [3.05, 3.63) is 59.4 Å². The summed E-state index contributed by atoms with van der Waals surface area (Å²) in [5.74, 6) is 0.685. The molecule has 0 saturated heterocycles. The minimum Gasteiger partial charge on any atom is -0.321 e. The van der Waals surface area contributed by atoms with E-state index in [0.717, 1.165) is 11.3 Å². The molecular weight excluding hydrogens is 310 g/mol. The van der Waals surface area contributed by atoms with Gasteiger partial charge in [-0.15, -0.1) is 0 Å². The van der Waals surface area contributed by atoms with E-state index in [1.165, 1.54) is 11.1 Å². The third kappa shape index (κ3) is 4.38. The van der Waals surface area contributed by atoms with Gasteiger partial charge in [0.2, 0.25) is 0 Å². The van der Waals surface area contributed by atoms with Gasteiger partial charge in [0.05, 0.1) is 6.04 Å². The van der Waals surface area contributed by atoms with Crippen LogP contribution in [0.3, 0.4) is 0 Å². The first-order valence-electron chi connectivity index (χ1n) is 8.89. The molecule has 0 saturated carbocycles. The minimum absolute atomic E-state index is 0.0533. The molecule has 4 nitrogen and oxygen atoms in total. The number of amides is 2. The fourth-order valence-corrected chi connectivity index (χ4v) is 2.91. The van der Waals surface area contributed by atoms with E-state index < -0.39 is 0 Å². The molecule has 0 aliphatic rings. The summed E-state index contributed by atoms with van der Waals surface area (Å²) in [6.07, 6.45) is 3.54. The molecular formula is C21H29N3O. The number of anilines is 1. The maximum absolute atomic E-state index is 12.9. The van der Waals surface area contributed by atoms with Crippen molar-refractivity contribution in [1.29, 1.82) is 0 Å². The molecule has 0 spiro atoms. The zero-order chi connectivity index (χ0) is 18.6. The van der Waals surface area contributed by atoms with Gasteiger partial charge in [0, 0.05) is 25.1 Å². The molecule has 134 valence electrons. The van der Waals surface area contributed by atoms with Crippen molar-refractivity contribution in [2.45, 2.75) is 52.5 Å². The maximum Gasteiger partial charge on any atom is 0.322 e. The highest BCUT2D eigenvalue weighted by Gasteiger charge is 2.21. The minimum atomic E-state index is -0.105. The van der Waals surface area contributed by atoms with Crippen LogP contribution in [0, 0.1) is 0 Å². The Labute approximate surface area is 151 Å². The molecule has 1 N–H and O–H groups in total. The summed E-state index contributed by atoms with van der Waals surface area (Å²) in [5.41, 5.74) is 4.30. The predicted octanol–water partition coefficient (Wildman–Crippen LogP) is 5.55. The van der Waals surface area contributed by atoms with Crippen LogP contribution < -0.4 is 5.32 Å². The molecule has 2 aromatic rings. The Hall–Kier alpha value is -2.36. The van der Waals surface area contributed by atoms with Gasteiger partial charge in [-0.1, -0.05) is 52.0 Å². The number of aromatic nitrogens is 1. The zero-order valence-corrected chi connectivity index (χ0v) is 16.1. The summed E-state index contributed by atoms with van der Waals surface area (Å²) in [6, 6.07) is 9.98. The van der Waals surface area contributed by atoms with Crippen molar-refractivity contribution in [3.63, 3.8) is 0 Å². The van der Waals surface area contributed by atoms with E-state index in [-0.39, 0.29) is 12.1 Å². The molecule has 1 heterocycles. The second kappa shape index (κ2) is 8.15. The van der Waals surface area contributed by atoms with Gasteiger partial charge in [-0.2, -0.15) is 0 Å². The number of hydrogen-bond acceptors (Lipinski definition) is 2. The second-order valence-corrected chi connectivity index (χ2v) is 7.12. The molecule has 0 fully saturated rings. The predicted molar refractivity (Wildman–Crippen MR) is 104 cm³/mol. The van der Waals surface area contributed by atoms with Crippen LogP contribution >= 0.6 is 0 Å². The van der Waals surface area contributed by atoms with Gasteiger partial charge in [0.15, 0.2) is 0 Å². The van der Waals surface area contributed by atoms with Gasteiger partial charge in [-0.05, 0) is 41.5 Å². The van der Waals surface area contributed by atoms with E-state index in [9.17, 15) is 4.79 Å². The number of benzene rings is 1. The summed E-state index contributed by atoms with van der Waals surface area (Å²) in [4.78, 5) is 18.7. The maximum atomic E-state index is 12.9. The quantitative estimate of drug-likeness (QED) is 0.776. The Balaban J connectivity index is 2.28. The molecule has 0 aliphatic carbocycles. The molecule has 0 bridgehead atoms. The molecule has 2 amide bonds. The first-order valence-corrected chi connectivity index (χ1v) is 8.89. The van der Waals surface area contributed by atoms with Crippen LogP contribution in [0.25, 0.3) is 0 Å². The highest BCUT2D eigenvalue weighted by atomic mass is 16.2. The van der Waals surface area contributed by atoms with E-state index in [1.54, 1.807) is 17.3 Å². The topological polar surface area (TPSA) is 45.2 Å². The summed E-state index contributed by atoms with van der Waals surface area (Å²) >= 11 is 0. The van der Waals surface area contributed by atoms with Crippen LogP contribution in [-0.2, 0) is 0 Å². The van der Waals surface area contributed by atoms with E-state index in [0.29, 0.717) is 11.8 Å². The number of hydrogen-bond donors (Lipinski definition) is 1. The number of carbonyl (C=O) groups excluding carboxylic acids is 1. The monoisotopic (exact) mass is 339 g/mol. The van der Waals surface area contributed by atoms with Gasteiger partial charge in [-0.3, -0.25) is 4.98 Å². The zero-order valence-electron chi connectivity index (χ0n) is 16.1. The van der Waals surface area contributed by atoms with Gasteiger partial charge in [0.1, 0.15) is 0 Å². The number of nitrogens with zero attached hydrogens (tertiary/aromatic N) is 2. The Bertz CT molecular complexity index is 684. The third-order valence-electron chi connectivity index (χ3n) is 4.67.